The molecule has 0 bridgehead atoms. The van der Waals surface area contributed by atoms with Crippen LogP contribution in [0.3, 0.4) is 0 Å². The van der Waals surface area contributed by atoms with Gasteiger partial charge in [0.25, 0.3) is 0 Å². The largest absolute Gasteiger partial charge is 0.309 e. The molecule has 0 aliphatic heterocycles. The lowest BCUT2D eigenvalue weighted by Crippen LogP contribution is -2.01. The topological polar surface area (TPSA) is 61.4 Å². The van der Waals surface area contributed by atoms with Crippen LogP contribution in [-0.4, -0.2) is 29.1 Å². The highest BCUT2D eigenvalue weighted by Gasteiger charge is 2.29. The number of para-hydroxylation sites is 1. The van der Waals surface area contributed by atoms with Crippen molar-refractivity contribution in [3.63, 3.8) is 0 Å². The van der Waals surface area contributed by atoms with Gasteiger partial charge in [-0.15, -0.1) is 0 Å². The van der Waals surface area contributed by atoms with Crippen molar-refractivity contribution in [2.45, 2.75) is 0 Å². The van der Waals surface area contributed by atoms with E-state index in [0.717, 1.165) is 50.3 Å². The molecule has 0 radical (unpaired) electrons. The number of benzene rings is 8. The van der Waals surface area contributed by atoms with Gasteiger partial charge in [0.1, 0.15) is 5.82 Å². The zero-order valence-electron chi connectivity index (χ0n) is 32.2. The molecular weight excluding hydrogens is 733 g/mol. The van der Waals surface area contributed by atoms with E-state index in [4.69, 9.17) is 19.9 Å². The molecular formula is C54H32N6. The summed E-state index contributed by atoms with van der Waals surface area (Å²) in [5.74, 6) is 2.80. The van der Waals surface area contributed by atoms with Gasteiger partial charge in [0.05, 0.1) is 22.1 Å². The second-order valence-corrected chi connectivity index (χ2v) is 15.4. The van der Waals surface area contributed by atoms with Crippen molar-refractivity contribution in [1.82, 2.24) is 29.1 Å². The normalized spacial score (nSPS) is 12.0. The summed E-state index contributed by atoms with van der Waals surface area (Å²) in [4.78, 5) is 19.9. The van der Waals surface area contributed by atoms with E-state index in [1.165, 1.54) is 54.6 Å². The molecule has 6 nitrogen and oxygen atoms in total. The first-order valence-electron chi connectivity index (χ1n) is 20.2. The van der Waals surface area contributed by atoms with Crippen LogP contribution in [-0.2, 0) is 0 Å². The molecule has 4 aromatic heterocycles. The van der Waals surface area contributed by atoms with E-state index >= 15 is 0 Å². The summed E-state index contributed by atoms with van der Waals surface area (Å²) < 4.78 is 4.77. The molecule has 0 atom stereocenters. The zero-order valence-corrected chi connectivity index (χ0v) is 32.2. The van der Waals surface area contributed by atoms with Crippen molar-refractivity contribution < 1.29 is 0 Å². The quantitative estimate of drug-likeness (QED) is 0.175. The van der Waals surface area contributed by atoms with Crippen molar-refractivity contribution in [2.75, 3.05) is 0 Å². The van der Waals surface area contributed by atoms with Crippen LogP contribution >= 0.6 is 0 Å². The summed E-state index contributed by atoms with van der Waals surface area (Å²) in [5.41, 5.74) is 13.4. The zero-order chi connectivity index (χ0) is 39.3. The van der Waals surface area contributed by atoms with Crippen LogP contribution in [0.1, 0.15) is 0 Å². The standard InChI is InChI=1S/C54H32N6/c1-3-14-34(15-4-1)52-56-53(35-16-5-2-6-17-35)58-54(57-52)36-27-29-37(30-28-36)59-43-25-13-22-39-38-21-11-18-33-19-12-23-41(47(33)38)50-49-40-20-7-8-24-42(40)60(46-26-9-10-31-55-46)44(49)32-45(59)51(50)48(39)43/h1-32H. The third-order valence-corrected chi connectivity index (χ3v) is 12.1. The fraction of sp³-hybridized carbons (Fsp3) is 0. The Morgan fingerprint density at radius 3 is 1.60 bits per heavy atom. The van der Waals surface area contributed by atoms with E-state index in [2.05, 4.69) is 130 Å². The predicted octanol–water partition coefficient (Wildman–Crippen LogP) is 13.3. The van der Waals surface area contributed by atoms with Crippen LogP contribution in [0.2, 0.25) is 0 Å². The number of aromatic nitrogens is 6. The number of hydrogen-bond acceptors (Lipinski definition) is 4. The molecule has 12 aromatic rings. The predicted molar refractivity (Wildman–Crippen MR) is 245 cm³/mol. The lowest BCUT2D eigenvalue weighted by molar-refractivity contribution is 1.07. The Morgan fingerprint density at radius 1 is 0.350 bits per heavy atom. The summed E-state index contributed by atoms with van der Waals surface area (Å²) in [6, 6.07) is 66.5. The second-order valence-electron chi connectivity index (χ2n) is 15.4. The Balaban J connectivity index is 1.11. The minimum absolute atomic E-state index is 0.627. The third kappa shape index (κ3) is 4.70. The number of rotatable bonds is 5. The maximum Gasteiger partial charge on any atom is 0.164 e. The van der Waals surface area contributed by atoms with E-state index in [-0.39, 0.29) is 0 Å². The number of pyridine rings is 1. The van der Waals surface area contributed by atoms with Gasteiger partial charge in [0.15, 0.2) is 17.5 Å². The van der Waals surface area contributed by atoms with Gasteiger partial charge in [-0.2, -0.15) is 0 Å². The van der Waals surface area contributed by atoms with Crippen LogP contribution in [0.15, 0.2) is 194 Å². The van der Waals surface area contributed by atoms with E-state index in [9.17, 15) is 0 Å². The fourth-order valence-electron chi connectivity index (χ4n) is 9.64. The fourth-order valence-corrected chi connectivity index (χ4v) is 9.64. The molecule has 0 amide bonds. The summed E-state index contributed by atoms with van der Waals surface area (Å²) in [6.45, 7) is 0. The van der Waals surface area contributed by atoms with Crippen LogP contribution in [0, 0.1) is 0 Å². The monoisotopic (exact) mass is 764 g/mol. The Bertz CT molecular complexity index is 3620. The molecule has 1 aliphatic carbocycles. The smallest absolute Gasteiger partial charge is 0.164 e. The minimum Gasteiger partial charge on any atom is -0.309 e. The van der Waals surface area contributed by atoms with Crippen molar-refractivity contribution in [3.8, 4) is 67.9 Å². The highest BCUT2D eigenvalue weighted by molar-refractivity contribution is 6.34. The molecule has 0 saturated carbocycles. The van der Waals surface area contributed by atoms with E-state index in [1.54, 1.807) is 0 Å². The first-order valence-corrected chi connectivity index (χ1v) is 20.2. The Hall–Kier alpha value is -8.22. The SMILES string of the molecule is c1ccc(-c2nc(-c3ccccc3)nc(-c3ccc(-n4c5cccc6c5c5c(c7c8ccccc8n(-c8ccccn8)c7cc54)-c4cccc5cccc-6c45)cc3)n2)cc1. The second kappa shape index (κ2) is 12.6. The molecule has 0 saturated heterocycles. The molecule has 0 unspecified atom stereocenters. The number of hydrogen-bond donors (Lipinski definition) is 0. The summed E-state index contributed by atoms with van der Waals surface area (Å²) in [7, 11) is 0. The van der Waals surface area contributed by atoms with Gasteiger partial charge < -0.3 is 4.57 Å². The van der Waals surface area contributed by atoms with Gasteiger partial charge in [0.2, 0.25) is 0 Å². The third-order valence-electron chi connectivity index (χ3n) is 12.1. The van der Waals surface area contributed by atoms with E-state index < -0.39 is 0 Å². The van der Waals surface area contributed by atoms with Crippen molar-refractivity contribution in [2.24, 2.45) is 0 Å². The van der Waals surface area contributed by atoms with Gasteiger partial charge in [-0.3, -0.25) is 4.57 Å². The molecule has 8 aromatic carbocycles. The Kier molecular flexibility index (Phi) is 6.91. The molecule has 1 aliphatic rings. The van der Waals surface area contributed by atoms with Crippen molar-refractivity contribution in [3.05, 3.63) is 194 Å². The van der Waals surface area contributed by atoms with Gasteiger partial charge in [-0.05, 0) is 82.1 Å². The average Bonchev–Trinajstić information content (AvgIpc) is 3.79. The molecule has 278 valence electrons. The Labute approximate surface area is 344 Å². The lowest BCUT2D eigenvalue weighted by Gasteiger charge is -2.15. The Morgan fingerprint density at radius 2 is 0.917 bits per heavy atom. The van der Waals surface area contributed by atoms with Gasteiger partial charge >= 0.3 is 0 Å². The van der Waals surface area contributed by atoms with Crippen LogP contribution < -0.4 is 0 Å². The lowest BCUT2D eigenvalue weighted by atomic mass is 9.91. The molecule has 0 fully saturated rings. The van der Waals surface area contributed by atoms with Gasteiger partial charge in [-0.1, -0.05) is 133 Å². The first-order chi connectivity index (χ1) is 29.8. The summed E-state index contributed by atoms with van der Waals surface area (Å²) in [6.07, 6.45) is 1.88. The molecule has 60 heavy (non-hydrogen) atoms. The van der Waals surface area contributed by atoms with Gasteiger partial charge in [-0.25, -0.2) is 19.9 Å². The molecule has 13 rings (SSSR count). The maximum absolute atomic E-state index is 5.03. The van der Waals surface area contributed by atoms with E-state index in [1.807, 2.05) is 72.9 Å². The maximum atomic E-state index is 5.03. The highest BCUT2D eigenvalue weighted by Crippen LogP contribution is 2.53. The van der Waals surface area contributed by atoms with Crippen LogP contribution in [0.25, 0.3) is 122 Å². The first kappa shape index (κ1) is 32.8. The summed E-state index contributed by atoms with van der Waals surface area (Å²) >= 11 is 0. The number of nitrogens with zero attached hydrogens (tertiary/aromatic N) is 6. The van der Waals surface area contributed by atoms with Crippen molar-refractivity contribution >= 4 is 54.4 Å². The minimum atomic E-state index is 0.627. The van der Waals surface area contributed by atoms with Gasteiger partial charge in [0, 0.05) is 55.7 Å². The average molecular weight is 765 g/mol. The molecule has 0 spiro atoms. The molecule has 0 N–H and O–H groups in total. The van der Waals surface area contributed by atoms with Crippen LogP contribution in [0.4, 0.5) is 0 Å². The highest BCUT2D eigenvalue weighted by atomic mass is 15.1. The molecule has 6 heteroatoms. The number of fused-ring (bicyclic) bond motifs is 6. The summed E-state index contributed by atoms with van der Waals surface area (Å²) in [5, 5.41) is 7.46. The van der Waals surface area contributed by atoms with E-state index in [0.29, 0.717) is 17.5 Å². The van der Waals surface area contributed by atoms with Crippen LogP contribution in [0.5, 0.6) is 0 Å². The van der Waals surface area contributed by atoms with Crippen molar-refractivity contribution in [1.29, 1.82) is 0 Å². The molecule has 4 heterocycles.